The molecule has 1 aliphatic heterocycles. The van der Waals surface area contributed by atoms with Crippen molar-refractivity contribution < 1.29 is 17.5 Å². The van der Waals surface area contributed by atoms with Gasteiger partial charge in [-0.25, -0.2) is 12.8 Å². The Balaban J connectivity index is 2.11. The van der Waals surface area contributed by atoms with Crippen LogP contribution in [-0.2, 0) is 14.6 Å². The van der Waals surface area contributed by atoms with Gasteiger partial charge in [-0.3, -0.25) is 0 Å². The summed E-state index contributed by atoms with van der Waals surface area (Å²) in [6.07, 6.45) is 0.526. The number of nitrogens with one attached hydrogen (secondary N) is 1. The Hall–Kier alpha value is -0.960. The van der Waals surface area contributed by atoms with Gasteiger partial charge in [0.1, 0.15) is 5.82 Å². The maximum Gasteiger partial charge on any atom is 0.173 e. The van der Waals surface area contributed by atoms with Crippen molar-refractivity contribution in [3.63, 3.8) is 0 Å². The third kappa shape index (κ3) is 5.00. The van der Waals surface area contributed by atoms with Crippen molar-refractivity contribution in [2.45, 2.75) is 12.5 Å². The van der Waals surface area contributed by atoms with Crippen molar-refractivity contribution in [3.8, 4) is 0 Å². The molecule has 0 bridgehead atoms. The van der Waals surface area contributed by atoms with Gasteiger partial charge in [-0.2, -0.15) is 0 Å². The van der Waals surface area contributed by atoms with Gasteiger partial charge in [0.15, 0.2) is 14.9 Å². The molecule has 1 N–H and O–H groups in total. The molecule has 1 heterocycles. The number of sulfone groups is 1. The summed E-state index contributed by atoms with van der Waals surface area (Å²) in [4.78, 5) is 1.81. The standard InChI is InChI=1S/C14H18ClFN2O3S2/c1-21-6-5-18(11-4-7-23(19,20)9-11)14(22)17-10-2-3-13(16)12(15)8-10/h2-3,8,11H,4-7,9H2,1H3,(H,17,22)/t11-/m0/s1. The third-order valence-corrected chi connectivity index (χ3v) is 5.99. The van der Waals surface area contributed by atoms with Crippen LogP contribution in [0.25, 0.3) is 0 Å². The zero-order valence-electron chi connectivity index (χ0n) is 12.6. The van der Waals surface area contributed by atoms with E-state index in [0.29, 0.717) is 30.4 Å². The Morgan fingerprint density at radius 3 is 2.87 bits per heavy atom. The molecule has 0 aromatic heterocycles. The van der Waals surface area contributed by atoms with E-state index in [1.54, 1.807) is 12.0 Å². The highest BCUT2D eigenvalue weighted by Gasteiger charge is 2.33. The van der Waals surface area contributed by atoms with Gasteiger partial charge in [0.25, 0.3) is 0 Å². The number of thiocarbonyl (C=S) groups is 1. The van der Waals surface area contributed by atoms with Crippen LogP contribution in [0.5, 0.6) is 0 Å². The Bertz CT molecular complexity index is 685. The minimum Gasteiger partial charge on any atom is -0.383 e. The minimum atomic E-state index is -3.02. The lowest BCUT2D eigenvalue weighted by molar-refractivity contribution is 0.166. The van der Waals surface area contributed by atoms with E-state index in [2.05, 4.69) is 5.32 Å². The topological polar surface area (TPSA) is 58.6 Å². The molecule has 0 spiro atoms. The van der Waals surface area contributed by atoms with Gasteiger partial charge in [-0.05, 0) is 36.8 Å². The molecule has 128 valence electrons. The van der Waals surface area contributed by atoms with E-state index in [0.717, 1.165) is 0 Å². The molecular weight excluding hydrogens is 363 g/mol. The largest absolute Gasteiger partial charge is 0.383 e. The molecule has 1 fully saturated rings. The fourth-order valence-electron chi connectivity index (χ4n) is 2.43. The zero-order chi connectivity index (χ0) is 17.0. The smallest absolute Gasteiger partial charge is 0.173 e. The van der Waals surface area contributed by atoms with Crippen molar-refractivity contribution in [2.75, 3.05) is 37.1 Å². The Kier molecular flexibility index (Phi) is 6.19. The summed E-state index contributed by atoms with van der Waals surface area (Å²) in [6.45, 7) is 0.889. The first kappa shape index (κ1) is 18.4. The molecule has 0 amide bonds. The first-order valence-corrected chi connectivity index (χ1v) is 9.65. The number of nitrogens with zero attached hydrogens (tertiary/aromatic N) is 1. The van der Waals surface area contributed by atoms with E-state index in [-0.39, 0.29) is 22.6 Å². The fourth-order valence-corrected chi connectivity index (χ4v) is 4.70. The van der Waals surface area contributed by atoms with E-state index in [9.17, 15) is 12.8 Å². The van der Waals surface area contributed by atoms with Gasteiger partial charge in [-0.15, -0.1) is 0 Å². The summed E-state index contributed by atoms with van der Waals surface area (Å²) in [6, 6.07) is 4.01. The van der Waals surface area contributed by atoms with Crippen LogP contribution in [0.3, 0.4) is 0 Å². The van der Waals surface area contributed by atoms with Crippen molar-refractivity contribution in [1.29, 1.82) is 0 Å². The summed E-state index contributed by atoms with van der Waals surface area (Å²) in [5.41, 5.74) is 0.546. The predicted molar refractivity (Wildman–Crippen MR) is 93.3 cm³/mol. The molecule has 0 radical (unpaired) electrons. The van der Waals surface area contributed by atoms with Crippen LogP contribution in [0.2, 0.25) is 5.02 Å². The number of anilines is 1. The number of benzene rings is 1. The molecule has 0 unspecified atom stereocenters. The minimum absolute atomic E-state index is 0.00955. The van der Waals surface area contributed by atoms with Gasteiger partial charge in [0.05, 0.1) is 23.1 Å². The summed E-state index contributed by atoms with van der Waals surface area (Å²) >= 11 is 11.1. The summed E-state index contributed by atoms with van der Waals surface area (Å²) < 4.78 is 41.7. The predicted octanol–water partition coefficient (Wildman–Crippen LogP) is 2.31. The molecule has 0 aliphatic carbocycles. The third-order valence-electron chi connectivity index (χ3n) is 3.62. The van der Waals surface area contributed by atoms with Gasteiger partial charge in [-0.1, -0.05) is 11.6 Å². The average molecular weight is 381 g/mol. The molecule has 5 nitrogen and oxygen atoms in total. The normalized spacial score (nSPS) is 19.5. The van der Waals surface area contributed by atoms with E-state index in [1.165, 1.54) is 18.2 Å². The monoisotopic (exact) mass is 380 g/mol. The quantitative estimate of drug-likeness (QED) is 0.791. The molecule has 1 saturated heterocycles. The highest BCUT2D eigenvalue weighted by atomic mass is 35.5. The van der Waals surface area contributed by atoms with Crippen molar-refractivity contribution in [3.05, 3.63) is 29.0 Å². The van der Waals surface area contributed by atoms with Crippen LogP contribution in [0, 0.1) is 5.82 Å². The summed E-state index contributed by atoms with van der Waals surface area (Å²) in [7, 11) is -1.46. The van der Waals surface area contributed by atoms with Gasteiger partial charge < -0.3 is 15.0 Å². The van der Waals surface area contributed by atoms with Crippen LogP contribution in [0.15, 0.2) is 18.2 Å². The highest BCUT2D eigenvalue weighted by molar-refractivity contribution is 7.91. The lowest BCUT2D eigenvalue weighted by atomic mass is 10.2. The van der Waals surface area contributed by atoms with Gasteiger partial charge in [0, 0.05) is 25.4 Å². The molecule has 1 atom stereocenters. The van der Waals surface area contributed by atoms with E-state index >= 15 is 0 Å². The molecule has 1 aromatic rings. The first-order chi connectivity index (χ1) is 10.8. The first-order valence-electron chi connectivity index (χ1n) is 7.04. The Morgan fingerprint density at radius 2 is 2.30 bits per heavy atom. The molecule has 2 rings (SSSR count). The number of hydrogen-bond acceptors (Lipinski definition) is 4. The molecular formula is C14H18ClFN2O3S2. The van der Waals surface area contributed by atoms with Crippen LogP contribution in [0.1, 0.15) is 6.42 Å². The lowest BCUT2D eigenvalue weighted by Crippen LogP contribution is -2.45. The van der Waals surface area contributed by atoms with Crippen LogP contribution < -0.4 is 5.32 Å². The maximum atomic E-state index is 13.2. The lowest BCUT2D eigenvalue weighted by Gasteiger charge is -2.30. The molecule has 1 aliphatic rings. The second-order valence-electron chi connectivity index (χ2n) is 5.30. The van der Waals surface area contributed by atoms with Crippen molar-refractivity contribution >= 4 is 44.5 Å². The number of methoxy groups -OCH3 is 1. The molecule has 23 heavy (non-hydrogen) atoms. The number of ether oxygens (including phenoxy) is 1. The number of hydrogen-bond donors (Lipinski definition) is 1. The molecule has 9 heteroatoms. The van der Waals surface area contributed by atoms with Crippen LogP contribution in [0.4, 0.5) is 10.1 Å². The summed E-state index contributed by atoms with van der Waals surface area (Å²) in [5.74, 6) is -0.282. The number of rotatable bonds is 5. The summed E-state index contributed by atoms with van der Waals surface area (Å²) in [5, 5.41) is 3.34. The van der Waals surface area contributed by atoms with Crippen LogP contribution >= 0.6 is 23.8 Å². The van der Waals surface area contributed by atoms with Gasteiger partial charge >= 0.3 is 0 Å². The van der Waals surface area contributed by atoms with Gasteiger partial charge in [0.2, 0.25) is 0 Å². The van der Waals surface area contributed by atoms with E-state index in [4.69, 9.17) is 28.6 Å². The van der Waals surface area contributed by atoms with Crippen LogP contribution in [-0.4, -0.2) is 56.2 Å². The Morgan fingerprint density at radius 1 is 1.57 bits per heavy atom. The second-order valence-corrected chi connectivity index (χ2v) is 8.32. The average Bonchev–Trinajstić information content (AvgIpc) is 2.83. The maximum absolute atomic E-state index is 13.2. The Labute approximate surface area is 145 Å². The second kappa shape index (κ2) is 7.74. The van der Waals surface area contributed by atoms with E-state index < -0.39 is 15.7 Å². The molecule has 1 aromatic carbocycles. The SMILES string of the molecule is COCCN(C(=S)Nc1ccc(F)c(Cl)c1)[C@H]1CCS(=O)(=O)C1. The zero-order valence-corrected chi connectivity index (χ0v) is 15.0. The van der Waals surface area contributed by atoms with E-state index in [1.807, 2.05) is 0 Å². The van der Waals surface area contributed by atoms with Crippen molar-refractivity contribution in [1.82, 2.24) is 4.90 Å². The molecule has 0 saturated carbocycles. The fraction of sp³-hybridized carbons (Fsp3) is 0.500. The highest BCUT2D eigenvalue weighted by Crippen LogP contribution is 2.22. The van der Waals surface area contributed by atoms with Crippen molar-refractivity contribution in [2.24, 2.45) is 0 Å². The number of halogens is 2.